The van der Waals surface area contributed by atoms with Gasteiger partial charge >= 0.3 is 0 Å². The van der Waals surface area contributed by atoms with Gasteiger partial charge in [0.1, 0.15) is 0 Å². The minimum atomic E-state index is 0.997. The van der Waals surface area contributed by atoms with Crippen LogP contribution >= 0.6 is 0 Å². The van der Waals surface area contributed by atoms with Crippen LogP contribution in [0.15, 0.2) is 0 Å². The molecule has 0 aromatic heterocycles. The van der Waals surface area contributed by atoms with Crippen molar-refractivity contribution in [1.29, 1.82) is 0 Å². The van der Waals surface area contributed by atoms with Gasteiger partial charge in [0.25, 0.3) is 0 Å². The molecule has 0 rings (SSSR count). The van der Waals surface area contributed by atoms with Gasteiger partial charge in [0.2, 0.25) is 0 Å². The topological polar surface area (TPSA) is 12.0 Å². The summed E-state index contributed by atoms with van der Waals surface area (Å²) < 4.78 is 0. The lowest BCUT2D eigenvalue weighted by molar-refractivity contribution is 0.651. The summed E-state index contributed by atoms with van der Waals surface area (Å²) in [5.74, 6) is 6.22. The second kappa shape index (κ2) is 17.6. The average molecular weight is 183 g/mol. The molecule has 13 heavy (non-hydrogen) atoms. The molecular formula is C12H25N. The summed E-state index contributed by atoms with van der Waals surface area (Å²) in [7, 11) is 2.00. The lowest BCUT2D eigenvalue weighted by atomic mass is 10.2. The van der Waals surface area contributed by atoms with Gasteiger partial charge in [-0.3, -0.25) is 0 Å². The third kappa shape index (κ3) is 18.5. The van der Waals surface area contributed by atoms with Crippen molar-refractivity contribution >= 4 is 0 Å². The first-order valence-electron chi connectivity index (χ1n) is 5.52. The van der Waals surface area contributed by atoms with Gasteiger partial charge in [-0.05, 0) is 26.4 Å². The standard InChI is InChI=1S/C10H19N.C2H6/c1-3-4-5-6-7-8-9-10-11-2;1-2/h11H,3,6-10H2,1-2H3;1-2H3. The van der Waals surface area contributed by atoms with Gasteiger partial charge < -0.3 is 5.32 Å². The maximum absolute atomic E-state index is 3.14. The highest BCUT2D eigenvalue weighted by Crippen LogP contribution is 1.97. The van der Waals surface area contributed by atoms with Crippen molar-refractivity contribution in [3.8, 4) is 11.8 Å². The second-order valence-corrected chi connectivity index (χ2v) is 2.62. The first-order valence-corrected chi connectivity index (χ1v) is 5.52. The first-order chi connectivity index (χ1) is 6.41. The molecule has 0 fully saturated rings. The predicted molar refractivity (Wildman–Crippen MR) is 61.8 cm³/mol. The van der Waals surface area contributed by atoms with Crippen molar-refractivity contribution < 1.29 is 0 Å². The monoisotopic (exact) mass is 183 g/mol. The molecule has 0 heterocycles. The van der Waals surface area contributed by atoms with Crippen LogP contribution in [0.1, 0.15) is 52.9 Å². The van der Waals surface area contributed by atoms with Crippen molar-refractivity contribution in [3.05, 3.63) is 0 Å². The van der Waals surface area contributed by atoms with Gasteiger partial charge in [0, 0.05) is 12.8 Å². The molecule has 0 atom stereocenters. The Hall–Kier alpha value is -0.480. The normalized spacial score (nSPS) is 8.00. The molecule has 0 bridgehead atoms. The van der Waals surface area contributed by atoms with Crippen molar-refractivity contribution in [2.24, 2.45) is 0 Å². The lowest BCUT2D eigenvalue weighted by Gasteiger charge is -1.95. The van der Waals surface area contributed by atoms with E-state index in [4.69, 9.17) is 0 Å². The van der Waals surface area contributed by atoms with Crippen LogP contribution in [0.2, 0.25) is 0 Å². The van der Waals surface area contributed by atoms with E-state index >= 15 is 0 Å². The van der Waals surface area contributed by atoms with Crippen molar-refractivity contribution in [3.63, 3.8) is 0 Å². The third-order valence-corrected chi connectivity index (χ3v) is 1.53. The smallest absolute Gasteiger partial charge is 0.00886 e. The third-order valence-electron chi connectivity index (χ3n) is 1.53. The van der Waals surface area contributed by atoms with Crippen molar-refractivity contribution in [2.75, 3.05) is 13.6 Å². The van der Waals surface area contributed by atoms with E-state index in [0.717, 1.165) is 19.4 Å². The molecule has 0 aromatic rings. The molecule has 1 nitrogen and oxygen atoms in total. The minimum absolute atomic E-state index is 0.997. The fourth-order valence-corrected chi connectivity index (χ4v) is 0.905. The summed E-state index contributed by atoms with van der Waals surface area (Å²) in [5, 5.41) is 3.13. The Bertz CT molecular complexity index is 119. The highest BCUT2D eigenvalue weighted by atomic mass is 14.8. The molecule has 0 spiro atoms. The Labute approximate surface area is 84.3 Å². The van der Waals surface area contributed by atoms with Crippen LogP contribution in [0.3, 0.4) is 0 Å². The van der Waals surface area contributed by atoms with E-state index in [-0.39, 0.29) is 0 Å². The zero-order valence-corrected chi connectivity index (χ0v) is 9.74. The minimum Gasteiger partial charge on any atom is -0.320 e. The van der Waals surface area contributed by atoms with E-state index in [2.05, 4.69) is 24.1 Å². The summed E-state index contributed by atoms with van der Waals surface area (Å²) in [4.78, 5) is 0. The first kappa shape index (κ1) is 15.0. The van der Waals surface area contributed by atoms with Crippen molar-refractivity contribution in [2.45, 2.75) is 52.9 Å². The molecule has 1 N–H and O–H groups in total. The summed E-state index contributed by atoms with van der Waals surface area (Å²) in [6, 6.07) is 0. The quantitative estimate of drug-likeness (QED) is 0.510. The van der Waals surface area contributed by atoms with Crippen LogP contribution in [0.4, 0.5) is 0 Å². The van der Waals surface area contributed by atoms with Crippen molar-refractivity contribution in [1.82, 2.24) is 5.32 Å². The maximum atomic E-state index is 3.14. The Morgan fingerprint density at radius 3 is 2.23 bits per heavy atom. The van der Waals surface area contributed by atoms with Crippen LogP contribution in [-0.4, -0.2) is 13.6 Å². The molecule has 78 valence electrons. The van der Waals surface area contributed by atoms with E-state index in [1.54, 1.807) is 0 Å². The van der Waals surface area contributed by atoms with Gasteiger partial charge in [-0.15, -0.1) is 11.8 Å². The molecule has 0 saturated carbocycles. The molecule has 1 heteroatoms. The van der Waals surface area contributed by atoms with Gasteiger partial charge in [0.15, 0.2) is 0 Å². The van der Waals surface area contributed by atoms with E-state index in [1.165, 1.54) is 19.3 Å². The maximum Gasteiger partial charge on any atom is 0.00886 e. The molecule has 0 unspecified atom stereocenters. The molecule has 0 radical (unpaired) electrons. The average Bonchev–Trinajstić information content (AvgIpc) is 2.20. The largest absolute Gasteiger partial charge is 0.320 e. The Kier molecular flexibility index (Phi) is 20.3. The van der Waals surface area contributed by atoms with Crippen LogP contribution in [-0.2, 0) is 0 Å². The highest BCUT2D eigenvalue weighted by molar-refractivity contribution is 4.97. The fourth-order valence-electron chi connectivity index (χ4n) is 0.905. The zero-order valence-electron chi connectivity index (χ0n) is 9.74. The Balaban J connectivity index is 0. The fraction of sp³-hybridized carbons (Fsp3) is 0.833. The van der Waals surface area contributed by atoms with Gasteiger partial charge in [-0.2, -0.15) is 0 Å². The highest BCUT2D eigenvalue weighted by Gasteiger charge is 1.84. The number of unbranched alkanes of at least 4 members (excludes halogenated alkanes) is 3. The molecule has 0 aromatic carbocycles. The van der Waals surface area contributed by atoms with E-state index in [0.29, 0.717) is 0 Å². The van der Waals surface area contributed by atoms with E-state index < -0.39 is 0 Å². The van der Waals surface area contributed by atoms with Gasteiger partial charge in [-0.1, -0.05) is 27.2 Å². The van der Waals surface area contributed by atoms with E-state index in [1.807, 2.05) is 20.9 Å². The summed E-state index contributed by atoms with van der Waals surface area (Å²) >= 11 is 0. The molecule has 0 aliphatic heterocycles. The second-order valence-electron chi connectivity index (χ2n) is 2.62. The number of nitrogens with one attached hydrogen (secondary N) is 1. The van der Waals surface area contributed by atoms with Crippen LogP contribution in [0.5, 0.6) is 0 Å². The molecule has 0 saturated heterocycles. The van der Waals surface area contributed by atoms with Crippen LogP contribution in [0.25, 0.3) is 0 Å². The molecule has 0 aliphatic rings. The van der Waals surface area contributed by atoms with Crippen LogP contribution < -0.4 is 5.32 Å². The predicted octanol–water partition coefficient (Wildman–Crippen LogP) is 3.21. The number of rotatable bonds is 5. The summed E-state index contributed by atoms with van der Waals surface area (Å²) in [6.45, 7) is 7.23. The zero-order chi connectivity index (χ0) is 10.4. The number of hydrogen-bond donors (Lipinski definition) is 1. The van der Waals surface area contributed by atoms with E-state index in [9.17, 15) is 0 Å². The molecule has 0 amide bonds. The lowest BCUT2D eigenvalue weighted by Crippen LogP contribution is -2.06. The summed E-state index contributed by atoms with van der Waals surface area (Å²) in [6.07, 6.45) is 5.92. The number of hydrogen-bond acceptors (Lipinski definition) is 1. The Morgan fingerprint density at radius 1 is 1.00 bits per heavy atom. The SMILES string of the molecule is CC.CCC#CCCCCCNC. The van der Waals surface area contributed by atoms with Crippen LogP contribution in [0, 0.1) is 11.8 Å². The molecular weight excluding hydrogens is 158 g/mol. The van der Waals surface area contributed by atoms with Gasteiger partial charge in [-0.25, -0.2) is 0 Å². The summed E-state index contributed by atoms with van der Waals surface area (Å²) in [5.41, 5.74) is 0. The molecule has 0 aliphatic carbocycles. The van der Waals surface area contributed by atoms with Gasteiger partial charge in [0.05, 0.1) is 0 Å². The Morgan fingerprint density at radius 2 is 1.69 bits per heavy atom.